The Hall–Kier alpha value is -3.68. The van der Waals surface area contributed by atoms with E-state index in [1.165, 1.54) is 18.2 Å². The highest BCUT2D eigenvalue weighted by molar-refractivity contribution is 5.99. The summed E-state index contributed by atoms with van der Waals surface area (Å²) in [7, 11) is 0. The number of nitrogens with zero attached hydrogens (tertiary/aromatic N) is 1. The van der Waals surface area contributed by atoms with E-state index in [2.05, 4.69) is 5.32 Å². The summed E-state index contributed by atoms with van der Waals surface area (Å²) in [6, 6.07) is 12.2. The molecule has 2 aromatic carbocycles. The van der Waals surface area contributed by atoms with Gasteiger partial charge in [0.15, 0.2) is 5.76 Å². The molecule has 0 aliphatic heterocycles. The van der Waals surface area contributed by atoms with Crippen molar-refractivity contribution in [3.63, 3.8) is 0 Å². The van der Waals surface area contributed by atoms with Gasteiger partial charge in [-0.25, -0.2) is 0 Å². The van der Waals surface area contributed by atoms with Gasteiger partial charge in [-0.1, -0.05) is 36.4 Å². The van der Waals surface area contributed by atoms with Crippen LogP contribution in [0.1, 0.15) is 48.0 Å². The highest BCUT2D eigenvalue weighted by Crippen LogP contribution is 2.29. The van der Waals surface area contributed by atoms with E-state index in [9.17, 15) is 19.7 Å². The normalized spacial score (nSPS) is 12.0. The molecular weight excluding hydrogens is 388 g/mol. The van der Waals surface area contributed by atoms with Crippen molar-refractivity contribution in [2.45, 2.75) is 39.3 Å². The lowest BCUT2D eigenvalue weighted by Crippen LogP contribution is -2.31. The number of carbonyl (C=O) groups is 2. The Morgan fingerprint density at radius 2 is 1.80 bits per heavy atom. The molecule has 0 spiro atoms. The van der Waals surface area contributed by atoms with Gasteiger partial charge >= 0.3 is 5.97 Å². The molecule has 3 aromatic rings. The van der Waals surface area contributed by atoms with Crippen LogP contribution < -0.4 is 5.32 Å². The van der Waals surface area contributed by atoms with Crippen LogP contribution in [-0.2, 0) is 9.53 Å². The smallest absolute Gasteiger partial charge is 0.308 e. The Morgan fingerprint density at radius 3 is 2.47 bits per heavy atom. The molecule has 1 aromatic heterocycles. The molecule has 8 heteroatoms. The molecule has 0 aliphatic rings. The molecule has 0 saturated heterocycles. The summed E-state index contributed by atoms with van der Waals surface area (Å²) in [5, 5.41) is 15.0. The number of esters is 1. The first kappa shape index (κ1) is 21.0. The molecule has 1 atom stereocenters. The summed E-state index contributed by atoms with van der Waals surface area (Å²) < 4.78 is 10.9. The molecule has 1 amide bonds. The highest BCUT2D eigenvalue weighted by Gasteiger charge is 2.28. The van der Waals surface area contributed by atoms with Crippen molar-refractivity contribution >= 4 is 28.5 Å². The Balaban J connectivity index is 1.95. The number of aryl methyl sites for hydroxylation is 1. The number of hydrogen-bond acceptors (Lipinski definition) is 6. The Labute approximate surface area is 173 Å². The van der Waals surface area contributed by atoms with Gasteiger partial charge in [0.1, 0.15) is 5.58 Å². The number of rotatable bonds is 7. The van der Waals surface area contributed by atoms with Crippen molar-refractivity contribution in [3.8, 4) is 0 Å². The molecule has 8 nitrogen and oxygen atoms in total. The number of ether oxygens (including phenoxy) is 1. The molecule has 1 N–H and O–H groups in total. The number of furan rings is 1. The largest absolute Gasteiger partial charge is 0.463 e. The van der Waals surface area contributed by atoms with E-state index < -0.39 is 22.8 Å². The average molecular weight is 410 g/mol. The maximum Gasteiger partial charge on any atom is 0.308 e. The Morgan fingerprint density at radius 1 is 1.13 bits per heavy atom. The van der Waals surface area contributed by atoms with Gasteiger partial charge in [0.25, 0.3) is 11.6 Å². The molecule has 0 fully saturated rings. The van der Waals surface area contributed by atoms with Crippen LogP contribution >= 0.6 is 0 Å². The lowest BCUT2D eigenvalue weighted by atomic mass is 10.0. The molecule has 156 valence electrons. The minimum atomic E-state index is -0.960. The third-order valence-corrected chi connectivity index (χ3v) is 4.60. The predicted octanol–water partition coefficient (Wildman–Crippen LogP) is 4.46. The van der Waals surface area contributed by atoms with Gasteiger partial charge in [0.05, 0.1) is 29.1 Å². The third kappa shape index (κ3) is 4.48. The number of para-hydroxylation sites is 2. The monoisotopic (exact) mass is 410 g/mol. The molecule has 0 radical (unpaired) electrons. The first-order valence-corrected chi connectivity index (χ1v) is 9.49. The fraction of sp³-hybridized carbons (Fsp3) is 0.273. The Kier molecular flexibility index (Phi) is 6.15. The van der Waals surface area contributed by atoms with Crippen LogP contribution in [0.15, 0.2) is 52.9 Å². The minimum absolute atomic E-state index is 0.0945. The van der Waals surface area contributed by atoms with E-state index in [1.807, 2.05) is 12.1 Å². The van der Waals surface area contributed by atoms with Crippen molar-refractivity contribution in [2.24, 2.45) is 0 Å². The zero-order valence-electron chi connectivity index (χ0n) is 16.9. The van der Waals surface area contributed by atoms with Crippen LogP contribution in [-0.4, -0.2) is 22.9 Å². The molecular formula is C22H22N2O6. The van der Waals surface area contributed by atoms with Crippen molar-refractivity contribution in [2.75, 3.05) is 0 Å². The SMILES string of the molecule is Cc1c(C(=O)NC(CC(=O)OC(C)C)c2ccccc2[N+](=O)[O-])oc2ccccc12. The summed E-state index contributed by atoms with van der Waals surface area (Å²) >= 11 is 0. The summed E-state index contributed by atoms with van der Waals surface area (Å²) in [4.78, 5) is 36.2. The number of hydrogen-bond donors (Lipinski definition) is 1. The summed E-state index contributed by atoms with van der Waals surface area (Å²) in [6.45, 7) is 5.16. The third-order valence-electron chi connectivity index (χ3n) is 4.60. The van der Waals surface area contributed by atoms with Crippen LogP contribution in [0.2, 0.25) is 0 Å². The van der Waals surface area contributed by atoms with E-state index >= 15 is 0 Å². The second kappa shape index (κ2) is 8.77. The van der Waals surface area contributed by atoms with Gasteiger partial charge in [0, 0.05) is 17.0 Å². The summed E-state index contributed by atoms with van der Waals surface area (Å²) in [5.41, 5.74) is 1.22. The predicted molar refractivity (Wildman–Crippen MR) is 110 cm³/mol. The van der Waals surface area contributed by atoms with Gasteiger partial charge in [0.2, 0.25) is 0 Å². The van der Waals surface area contributed by atoms with E-state index in [-0.39, 0.29) is 29.5 Å². The van der Waals surface area contributed by atoms with Crippen molar-refractivity contribution in [1.82, 2.24) is 5.32 Å². The fourth-order valence-electron chi connectivity index (χ4n) is 3.28. The van der Waals surface area contributed by atoms with Crippen LogP contribution in [0, 0.1) is 17.0 Å². The van der Waals surface area contributed by atoms with Crippen molar-refractivity contribution < 1.29 is 23.7 Å². The average Bonchev–Trinajstić information content (AvgIpc) is 3.04. The zero-order chi connectivity index (χ0) is 21.8. The van der Waals surface area contributed by atoms with Gasteiger partial charge in [-0.05, 0) is 26.8 Å². The first-order valence-electron chi connectivity index (χ1n) is 9.49. The molecule has 0 saturated carbocycles. The highest BCUT2D eigenvalue weighted by atomic mass is 16.6. The van der Waals surface area contributed by atoms with Crippen LogP contribution in [0.5, 0.6) is 0 Å². The maximum atomic E-state index is 13.0. The van der Waals surface area contributed by atoms with Crippen LogP contribution in [0.3, 0.4) is 0 Å². The van der Waals surface area contributed by atoms with Gasteiger partial charge in [-0.3, -0.25) is 19.7 Å². The quantitative estimate of drug-likeness (QED) is 0.350. The standard InChI is InChI=1S/C22H22N2O6/c1-13(2)29-20(25)12-17(16-9-4-6-10-18(16)24(27)28)23-22(26)21-14(3)15-8-5-7-11-19(15)30-21/h4-11,13,17H,12H2,1-3H3,(H,23,26). The Bertz CT molecular complexity index is 1100. The van der Waals surface area contributed by atoms with E-state index in [4.69, 9.17) is 9.15 Å². The molecule has 1 heterocycles. The van der Waals surface area contributed by atoms with E-state index in [1.54, 1.807) is 39.0 Å². The molecule has 0 bridgehead atoms. The maximum absolute atomic E-state index is 13.0. The number of nitro groups is 1. The number of carbonyl (C=O) groups excluding carboxylic acids is 2. The van der Waals surface area contributed by atoms with E-state index in [0.29, 0.717) is 11.1 Å². The minimum Gasteiger partial charge on any atom is -0.463 e. The van der Waals surface area contributed by atoms with Crippen molar-refractivity contribution in [3.05, 3.63) is 75.5 Å². The van der Waals surface area contributed by atoms with Gasteiger partial charge in [-0.15, -0.1) is 0 Å². The van der Waals surface area contributed by atoms with Gasteiger partial charge < -0.3 is 14.5 Å². The fourth-order valence-corrected chi connectivity index (χ4v) is 3.28. The number of fused-ring (bicyclic) bond motifs is 1. The van der Waals surface area contributed by atoms with Gasteiger partial charge in [-0.2, -0.15) is 0 Å². The first-order chi connectivity index (χ1) is 14.3. The number of nitro benzene ring substituents is 1. The molecule has 30 heavy (non-hydrogen) atoms. The zero-order valence-corrected chi connectivity index (χ0v) is 16.9. The lowest BCUT2D eigenvalue weighted by molar-refractivity contribution is -0.385. The number of amides is 1. The topological polar surface area (TPSA) is 112 Å². The van der Waals surface area contributed by atoms with E-state index in [0.717, 1.165) is 5.39 Å². The molecule has 3 rings (SSSR count). The lowest BCUT2D eigenvalue weighted by Gasteiger charge is -2.19. The second-order valence-electron chi connectivity index (χ2n) is 7.14. The second-order valence-corrected chi connectivity index (χ2v) is 7.14. The summed E-state index contributed by atoms with van der Waals surface area (Å²) in [5.74, 6) is -1.05. The number of benzene rings is 2. The van der Waals surface area contributed by atoms with Crippen LogP contribution in [0.4, 0.5) is 5.69 Å². The van der Waals surface area contributed by atoms with Crippen LogP contribution in [0.25, 0.3) is 11.0 Å². The molecule has 1 unspecified atom stereocenters. The molecule has 0 aliphatic carbocycles. The van der Waals surface area contributed by atoms with Crippen molar-refractivity contribution in [1.29, 1.82) is 0 Å². The number of nitrogens with one attached hydrogen (secondary N) is 1. The summed E-state index contributed by atoms with van der Waals surface area (Å²) in [6.07, 6.45) is -0.606.